The third-order valence-corrected chi connectivity index (χ3v) is 2.27. The van der Waals surface area contributed by atoms with E-state index >= 15 is 0 Å². The van der Waals surface area contributed by atoms with Crippen LogP contribution in [-0.4, -0.2) is 9.78 Å². The Morgan fingerprint density at radius 2 is 2.07 bits per heavy atom. The minimum absolute atomic E-state index is 0. The molecule has 0 N–H and O–H groups in total. The summed E-state index contributed by atoms with van der Waals surface area (Å²) in [6, 6.07) is 8.34. The van der Waals surface area contributed by atoms with E-state index in [0.29, 0.717) is 0 Å². The molecule has 0 aliphatic heterocycles. The monoisotopic (exact) mass is 210 g/mol. The van der Waals surface area contributed by atoms with E-state index in [2.05, 4.69) is 34.9 Å². The molecule has 3 heteroatoms. The number of para-hydroxylation sites is 1. The minimum Gasteiger partial charge on any atom is -0.265 e. The average Bonchev–Trinajstić information content (AvgIpc) is 2.58. The number of rotatable bonds is 3. The van der Waals surface area contributed by atoms with Crippen LogP contribution in [0.15, 0.2) is 30.5 Å². The van der Waals surface area contributed by atoms with Crippen molar-refractivity contribution in [2.75, 3.05) is 0 Å². The zero-order valence-electron chi connectivity index (χ0n) is 8.31. The number of halogens is 1. The Morgan fingerprint density at radius 3 is 2.86 bits per heavy atom. The predicted molar refractivity (Wildman–Crippen MR) is 61.9 cm³/mol. The summed E-state index contributed by atoms with van der Waals surface area (Å²) in [6.07, 6.45) is 4.35. The summed E-state index contributed by atoms with van der Waals surface area (Å²) in [5, 5.41) is 5.58. The molecule has 0 saturated heterocycles. The van der Waals surface area contributed by atoms with Crippen molar-refractivity contribution in [1.82, 2.24) is 9.78 Å². The van der Waals surface area contributed by atoms with Gasteiger partial charge < -0.3 is 0 Å². The van der Waals surface area contributed by atoms with Crippen molar-refractivity contribution < 1.29 is 0 Å². The molecule has 0 fully saturated rings. The molecule has 14 heavy (non-hydrogen) atoms. The molecule has 2 aromatic rings. The Balaban J connectivity index is 0.000000980. The van der Waals surface area contributed by atoms with Crippen LogP contribution >= 0.6 is 12.4 Å². The average molecular weight is 211 g/mol. The van der Waals surface area contributed by atoms with Crippen LogP contribution in [0.4, 0.5) is 0 Å². The minimum atomic E-state index is 0. The van der Waals surface area contributed by atoms with Crippen LogP contribution in [0.25, 0.3) is 10.9 Å². The lowest BCUT2D eigenvalue weighted by atomic mass is 10.2. The second-order valence-electron chi connectivity index (χ2n) is 3.28. The summed E-state index contributed by atoms with van der Waals surface area (Å²) >= 11 is 0. The number of fused-ring (bicyclic) bond motifs is 1. The molecular formula is C11H15ClN2. The maximum atomic E-state index is 4.35. The van der Waals surface area contributed by atoms with Crippen molar-refractivity contribution in [2.24, 2.45) is 0 Å². The van der Waals surface area contributed by atoms with E-state index in [1.807, 2.05) is 12.3 Å². The van der Waals surface area contributed by atoms with Crippen LogP contribution in [0.1, 0.15) is 19.8 Å². The van der Waals surface area contributed by atoms with Gasteiger partial charge in [-0.1, -0.05) is 31.5 Å². The summed E-state index contributed by atoms with van der Waals surface area (Å²) in [7, 11) is 0. The molecule has 0 unspecified atom stereocenters. The van der Waals surface area contributed by atoms with Crippen molar-refractivity contribution in [3.8, 4) is 0 Å². The molecule has 0 radical (unpaired) electrons. The fraction of sp³-hybridized carbons (Fsp3) is 0.364. The number of benzene rings is 1. The molecule has 1 aromatic carbocycles. The van der Waals surface area contributed by atoms with Gasteiger partial charge in [-0.15, -0.1) is 12.4 Å². The van der Waals surface area contributed by atoms with Gasteiger partial charge in [0.2, 0.25) is 0 Å². The predicted octanol–water partition coefficient (Wildman–Crippen LogP) is 3.26. The maximum absolute atomic E-state index is 4.35. The summed E-state index contributed by atoms with van der Waals surface area (Å²) < 4.78 is 2.08. The Kier molecular flexibility index (Phi) is 3.96. The van der Waals surface area contributed by atoms with Gasteiger partial charge >= 0.3 is 0 Å². The maximum Gasteiger partial charge on any atom is 0.0682 e. The van der Waals surface area contributed by atoms with E-state index in [-0.39, 0.29) is 12.4 Å². The summed E-state index contributed by atoms with van der Waals surface area (Å²) in [5.74, 6) is 0. The standard InChI is InChI=1S/C11H14N2.ClH/c1-2-3-8-13-11-7-5-4-6-10(11)9-12-13;/h4-7,9H,2-3,8H2,1H3;1H. The summed E-state index contributed by atoms with van der Waals surface area (Å²) in [6.45, 7) is 3.23. The van der Waals surface area contributed by atoms with Crippen molar-refractivity contribution in [3.63, 3.8) is 0 Å². The molecule has 0 bridgehead atoms. The van der Waals surface area contributed by atoms with Gasteiger partial charge in [0.05, 0.1) is 11.7 Å². The molecule has 0 aliphatic rings. The third-order valence-electron chi connectivity index (χ3n) is 2.27. The van der Waals surface area contributed by atoms with Crippen LogP contribution < -0.4 is 0 Å². The molecule has 0 atom stereocenters. The summed E-state index contributed by atoms with van der Waals surface area (Å²) in [4.78, 5) is 0. The van der Waals surface area contributed by atoms with E-state index in [0.717, 1.165) is 6.54 Å². The molecule has 0 spiro atoms. The Bertz CT molecular complexity index is 395. The molecule has 0 amide bonds. The zero-order chi connectivity index (χ0) is 9.10. The van der Waals surface area contributed by atoms with E-state index in [1.165, 1.54) is 23.7 Å². The molecule has 1 heterocycles. The zero-order valence-corrected chi connectivity index (χ0v) is 9.13. The first-order chi connectivity index (χ1) is 6.42. The van der Waals surface area contributed by atoms with Crippen LogP contribution in [-0.2, 0) is 6.54 Å². The number of nitrogens with zero attached hydrogens (tertiary/aromatic N) is 2. The van der Waals surface area contributed by atoms with Crippen molar-refractivity contribution in [1.29, 1.82) is 0 Å². The van der Waals surface area contributed by atoms with Gasteiger partial charge in [-0.05, 0) is 12.5 Å². The lowest BCUT2D eigenvalue weighted by Gasteiger charge is -2.00. The quantitative estimate of drug-likeness (QED) is 0.761. The first-order valence-corrected chi connectivity index (χ1v) is 4.82. The largest absolute Gasteiger partial charge is 0.265 e. The van der Waals surface area contributed by atoms with Crippen molar-refractivity contribution in [3.05, 3.63) is 30.5 Å². The van der Waals surface area contributed by atoms with Gasteiger partial charge in [0, 0.05) is 11.9 Å². The SMILES string of the molecule is CCCCn1ncc2ccccc21.Cl. The fourth-order valence-corrected chi connectivity index (χ4v) is 1.51. The van der Waals surface area contributed by atoms with Crippen LogP contribution in [0, 0.1) is 0 Å². The molecule has 76 valence electrons. The van der Waals surface area contributed by atoms with E-state index in [1.54, 1.807) is 0 Å². The van der Waals surface area contributed by atoms with Gasteiger partial charge in [-0.3, -0.25) is 4.68 Å². The van der Waals surface area contributed by atoms with E-state index < -0.39 is 0 Å². The highest BCUT2D eigenvalue weighted by atomic mass is 35.5. The molecule has 1 aromatic heterocycles. The van der Waals surface area contributed by atoms with Gasteiger partial charge in [0.1, 0.15) is 0 Å². The second kappa shape index (κ2) is 5.01. The Labute approximate surface area is 90.3 Å². The summed E-state index contributed by atoms with van der Waals surface area (Å²) in [5.41, 5.74) is 1.25. The molecule has 0 saturated carbocycles. The Hall–Kier alpha value is -1.02. The lowest BCUT2D eigenvalue weighted by molar-refractivity contribution is 0.588. The second-order valence-corrected chi connectivity index (χ2v) is 3.28. The molecule has 2 rings (SSSR count). The Morgan fingerprint density at radius 1 is 1.29 bits per heavy atom. The van der Waals surface area contributed by atoms with Gasteiger partial charge in [0.15, 0.2) is 0 Å². The first-order valence-electron chi connectivity index (χ1n) is 4.82. The number of aromatic nitrogens is 2. The number of hydrogen-bond donors (Lipinski definition) is 0. The van der Waals surface area contributed by atoms with Crippen LogP contribution in [0.5, 0.6) is 0 Å². The molecule has 2 nitrogen and oxygen atoms in total. The van der Waals surface area contributed by atoms with Crippen molar-refractivity contribution >= 4 is 23.3 Å². The fourth-order valence-electron chi connectivity index (χ4n) is 1.51. The van der Waals surface area contributed by atoms with Crippen LogP contribution in [0.2, 0.25) is 0 Å². The number of aryl methyl sites for hydroxylation is 1. The van der Waals surface area contributed by atoms with E-state index in [4.69, 9.17) is 0 Å². The third kappa shape index (κ3) is 2.07. The number of hydrogen-bond acceptors (Lipinski definition) is 1. The van der Waals surface area contributed by atoms with Crippen LogP contribution in [0.3, 0.4) is 0 Å². The van der Waals surface area contributed by atoms with E-state index in [9.17, 15) is 0 Å². The highest BCUT2D eigenvalue weighted by Gasteiger charge is 1.99. The molecule has 0 aliphatic carbocycles. The smallest absolute Gasteiger partial charge is 0.0682 e. The van der Waals surface area contributed by atoms with Gasteiger partial charge in [-0.25, -0.2) is 0 Å². The normalized spacial score (nSPS) is 10.1. The van der Waals surface area contributed by atoms with Gasteiger partial charge in [-0.2, -0.15) is 5.10 Å². The molecular weight excluding hydrogens is 196 g/mol. The van der Waals surface area contributed by atoms with Gasteiger partial charge in [0.25, 0.3) is 0 Å². The highest BCUT2D eigenvalue weighted by Crippen LogP contribution is 2.12. The van der Waals surface area contributed by atoms with Crippen molar-refractivity contribution in [2.45, 2.75) is 26.3 Å². The highest BCUT2D eigenvalue weighted by molar-refractivity contribution is 5.85. The number of unbranched alkanes of at least 4 members (excludes halogenated alkanes) is 1. The lowest BCUT2D eigenvalue weighted by Crippen LogP contribution is -1.98. The first kappa shape index (κ1) is 11.1. The topological polar surface area (TPSA) is 17.8 Å².